The maximum absolute atomic E-state index is 5.59. The zero-order valence-corrected chi connectivity index (χ0v) is 11.4. The Balaban J connectivity index is 1.48. The standard InChI is InChI=1S/C15H22N2O2/c1-11(9-17-13-3-4-13)16-10-12-2-5-14-15(8-12)19-7-6-18-14/h2,5,8,11,13,16-17H,3-4,6-7,9-10H2,1H3. The average molecular weight is 262 g/mol. The van der Waals surface area contributed by atoms with Gasteiger partial charge in [0.2, 0.25) is 0 Å². The Morgan fingerprint density at radius 2 is 2.00 bits per heavy atom. The molecular formula is C15H22N2O2. The molecule has 0 bridgehead atoms. The van der Waals surface area contributed by atoms with Gasteiger partial charge >= 0.3 is 0 Å². The van der Waals surface area contributed by atoms with Gasteiger partial charge in [0.05, 0.1) is 0 Å². The molecule has 1 heterocycles. The Hall–Kier alpha value is -1.26. The monoisotopic (exact) mass is 262 g/mol. The maximum Gasteiger partial charge on any atom is 0.161 e. The van der Waals surface area contributed by atoms with Gasteiger partial charge < -0.3 is 20.1 Å². The molecule has 19 heavy (non-hydrogen) atoms. The van der Waals surface area contributed by atoms with Gasteiger partial charge in [-0.3, -0.25) is 0 Å². The first-order valence-corrected chi connectivity index (χ1v) is 7.16. The molecule has 2 aliphatic rings. The van der Waals surface area contributed by atoms with Crippen molar-refractivity contribution in [3.63, 3.8) is 0 Å². The zero-order valence-electron chi connectivity index (χ0n) is 11.4. The van der Waals surface area contributed by atoms with E-state index in [4.69, 9.17) is 9.47 Å². The summed E-state index contributed by atoms with van der Waals surface area (Å²) in [5, 5.41) is 7.07. The highest BCUT2D eigenvalue weighted by atomic mass is 16.6. The second-order valence-corrected chi connectivity index (χ2v) is 5.44. The number of fused-ring (bicyclic) bond motifs is 1. The van der Waals surface area contributed by atoms with E-state index in [1.807, 2.05) is 6.07 Å². The van der Waals surface area contributed by atoms with E-state index in [-0.39, 0.29) is 0 Å². The summed E-state index contributed by atoms with van der Waals surface area (Å²) in [6, 6.07) is 7.43. The molecule has 0 amide bonds. The summed E-state index contributed by atoms with van der Waals surface area (Å²) in [5.41, 5.74) is 1.24. The molecule has 1 saturated carbocycles. The Bertz CT molecular complexity index is 432. The first-order valence-electron chi connectivity index (χ1n) is 7.16. The summed E-state index contributed by atoms with van der Waals surface area (Å²) in [6.07, 6.45) is 2.68. The van der Waals surface area contributed by atoms with Gasteiger partial charge in [0.15, 0.2) is 11.5 Å². The molecule has 1 fully saturated rings. The Kier molecular flexibility index (Phi) is 3.89. The molecule has 2 N–H and O–H groups in total. The van der Waals surface area contributed by atoms with Crippen LogP contribution in [-0.4, -0.2) is 31.8 Å². The third-order valence-corrected chi connectivity index (χ3v) is 3.55. The smallest absolute Gasteiger partial charge is 0.161 e. The summed E-state index contributed by atoms with van der Waals surface area (Å²) in [7, 11) is 0. The van der Waals surface area contributed by atoms with E-state index in [1.165, 1.54) is 18.4 Å². The van der Waals surface area contributed by atoms with E-state index in [2.05, 4.69) is 29.7 Å². The molecule has 1 aromatic rings. The normalized spacial score (nSPS) is 19.2. The molecule has 1 aromatic carbocycles. The fraction of sp³-hybridized carbons (Fsp3) is 0.600. The van der Waals surface area contributed by atoms with Crippen molar-refractivity contribution in [3.05, 3.63) is 23.8 Å². The topological polar surface area (TPSA) is 42.5 Å². The van der Waals surface area contributed by atoms with E-state index >= 15 is 0 Å². The van der Waals surface area contributed by atoms with Crippen LogP contribution in [0.4, 0.5) is 0 Å². The van der Waals surface area contributed by atoms with Crippen molar-refractivity contribution in [3.8, 4) is 11.5 Å². The Morgan fingerprint density at radius 1 is 1.21 bits per heavy atom. The fourth-order valence-corrected chi connectivity index (χ4v) is 2.19. The van der Waals surface area contributed by atoms with Crippen LogP contribution < -0.4 is 20.1 Å². The molecule has 1 atom stereocenters. The van der Waals surface area contributed by atoms with Gasteiger partial charge in [0, 0.05) is 25.2 Å². The average Bonchev–Trinajstić information content (AvgIpc) is 3.27. The fourth-order valence-electron chi connectivity index (χ4n) is 2.19. The summed E-state index contributed by atoms with van der Waals surface area (Å²) < 4.78 is 11.1. The molecule has 0 radical (unpaired) electrons. The van der Waals surface area contributed by atoms with Crippen LogP contribution in [0.15, 0.2) is 18.2 Å². The summed E-state index contributed by atoms with van der Waals surface area (Å²) >= 11 is 0. The van der Waals surface area contributed by atoms with E-state index in [0.717, 1.165) is 30.6 Å². The van der Waals surface area contributed by atoms with Gasteiger partial charge in [-0.05, 0) is 37.5 Å². The van der Waals surface area contributed by atoms with Crippen molar-refractivity contribution >= 4 is 0 Å². The molecule has 0 aromatic heterocycles. The Labute approximate surface area is 114 Å². The molecule has 104 valence electrons. The van der Waals surface area contributed by atoms with Crippen LogP contribution in [0.3, 0.4) is 0 Å². The molecular weight excluding hydrogens is 240 g/mol. The molecule has 4 nitrogen and oxygen atoms in total. The zero-order chi connectivity index (χ0) is 13.1. The van der Waals surface area contributed by atoms with Crippen molar-refractivity contribution < 1.29 is 9.47 Å². The summed E-state index contributed by atoms with van der Waals surface area (Å²) in [4.78, 5) is 0. The Morgan fingerprint density at radius 3 is 2.79 bits per heavy atom. The number of ether oxygens (including phenoxy) is 2. The van der Waals surface area contributed by atoms with Gasteiger partial charge in [0.25, 0.3) is 0 Å². The van der Waals surface area contributed by atoms with E-state index < -0.39 is 0 Å². The largest absolute Gasteiger partial charge is 0.486 e. The van der Waals surface area contributed by atoms with Crippen molar-refractivity contribution in [1.29, 1.82) is 0 Å². The van der Waals surface area contributed by atoms with E-state index in [9.17, 15) is 0 Å². The highest BCUT2D eigenvalue weighted by molar-refractivity contribution is 5.43. The minimum atomic E-state index is 0.480. The van der Waals surface area contributed by atoms with Crippen molar-refractivity contribution in [2.75, 3.05) is 19.8 Å². The van der Waals surface area contributed by atoms with Crippen molar-refractivity contribution in [2.45, 2.75) is 38.4 Å². The molecule has 3 rings (SSSR count). The van der Waals surface area contributed by atoms with Crippen molar-refractivity contribution in [2.24, 2.45) is 0 Å². The van der Waals surface area contributed by atoms with Crippen LogP contribution in [0.2, 0.25) is 0 Å². The lowest BCUT2D eigenvalue weighted by molar-refractivity contribution is 0.171. The van der Waals surface area contributed by atoms with Gasteiger partial charge in [-0.25, -0.2) is 0 Å². The quantitative estimate of drug-likeness (QED) is 0.818. The van der Waals surface area contributed by atoms with Crippen LogP contribution in [0, 0.1) is 0 Å². The lowest BCUT2D eigenvalue weighted by Gasteiger charge is -2.19. The molecule has 1 unspecified atom stereocenters. The molecule has 0 spiro atoms. The highest BCUT2D eigenvalue weighted by Gasteiger charge is 2.20. The number of hydrogen-bond acceptors (Lipinski definition) is 4. The van der Waals surface area contributed by atoms with Crippen LogP contribution in [0.1, 0.15) is 25.3 Å². The van der Waals surface area contributed by atoms with Gasteiger partial charge in [-0.2, -0.15) is 0 Å². The maximum atomic E-state index is 5.59. The van der Waals surface area contributed by atoms with Crippen LogP contribution in [-0.2, 0) is 6.54 Å². The minimum absolute atomic E-state index is 0.480. The second kappa shape index (κ2) is 5.80. The van der Waals surface area contributed by atoms with Crippen LogP contribution >= 0.6 is 0 Å². The summed E-state index contributed by atoms with van der Waals surface area (Å²) in [5.74, 6) is 1.73. The molecule has 0 saturated heterocycles. The number of benzene rings is 1. The number of hydrogen-bond donors (Lipinski definition) is 2. The van der Waals surface area contributed by atoms with E-state index in [0.29, 0.717) is 19.3 Å². The predicted octanol–water partition coefficient (Wildman–Crippen LogP) is 1.69. The van der Waals surface area contributed by atoms with Crippen LogP contribution in [0.5, 0.6) is 11.5 Å². The van der Waals surface area contributed by atoms with Crippen molar-refractivity contribution in [1.82, 2.24) is 10.6 Å². The first kappa shape index (κ1) is 12.8. The third kappa shape index (κ3) is 3.61. The van der Waals surface area contributed by atoms with Gasteiger partial charge in [0.1, 0.15) is 13.2 Å². The SMILES string of the molecule is CC(CNC1CC1)NCc1ccc2c(c1)OCCO2. The number of nitrogens with one attached hydrogen (secondary N) is 2. The molecule has 4 heteroatoms. The van der Waals surface area contributed by atoms with Gasteiger partial charge in [-0.1, -0.05) is 6.07 Å². The lowest BCUT2D eigenvalue weighted by Crippen LogP contribution is -2.36. The second-order valence-electron chi connectivity index (χ2n) is 5.44. The number of rotatable bonds is 6. The third-order valence-electron chi connectivity index (χ3n) is 3.55. The summed E-state index contributed by atoms with van der Waals surface area (Å²) in [6.45, 7) is 5.41. The first-order chi connectivity index (χ1) is 9.31. The molecule has 1 aliphatic carbocycles. The lowest BCUT2D eigenvalue weighted by atomic mass is 10.2. The van der Waals surface area contributed by atoms with Gasteiger partial charge in [-0.15, -0.1) is 0 Å². The van der Waals surface area contributed by atoms with Crippen LogP contribution in [0.25, 0.3) is 0 Å². The predicted molar refractivity (Wildman–Crippen MR) is 74.8 cm³/mol. The minimum Gasteiger partial charge on any atom is -0.486 e. The molecule has 1 aliphatic heterocycles. The highest BCUT2D eigenvalue weighted by Crippen LogP contribution is 2.30. The van der Waals surface area contributed by atoms with E-state index in [1.54, 1.807) is 0 Å².